The topological polar surface area (TPSA) is 28.7 Å². The van der Waals surface area contributed by atoms with Crippen LogP contribution >= 0.6 is 0 Å². The van der Waals surface area contributed by atoms with Crippen molar-refractivity contribution in [3.8, 4) is 11.1 Å². The minimum absolute atomic E-state index is 0.225. The largest absolute Gasteiger partial charge is 0.346 e. The molecule has 0 saturated heterocycles. The van der Waals surface area contributed by atoms with E-state index in [-0.39, 0.29) is 5.82 Å². The normalized spacial score (nSPS) is 10.8. The average Bonchev–Trinajstić information content (AvgIpc) is 2.80. The first kappa shape index (κ1) is 9.09. The second-order valence-electron chi connectivity index (χ2n) is 3.59. The molecule has 0 aliphatic heterocycles. The fraction of sp³-hybridized carbons (Fsp3) is 0. The lowest BCUT2D eigenvalue weighted by Crippen LogP contribution is -1.88. The maximum Gasteiger partial charge on any atom is 0.143 e. The first-order chi connectivity index (χ1) is 7.86. The molecule has 3 aromatic rings. The van der Waals surface area contributed by atoms with Gasteiger partial charge in [-0.25, -0.2) is 9.37 Å². The third kappa shape index (κ3) is 1.29. The molecule has 0 spiro atoms. The molecule has 16 heavy (non-hydrogen) atoms. The number of H-pyrrole nitrogens is 1. The molecule has 0 saturated carbocycles. The maximum absolute atomic E-state index is 14.1. The molecular formula is C13H9FN2. The number of benzene rings is 1. The van der Waals surface area contributed by atoms with Crippen molar-refractivity contribution in [2.24, 2.45) is 0 Å². The van der Waals surface area contributed by atoms with Crippen molar-refractivity contribution in [3.05, 3.63) is 54.6 Å². The predicted molar refractivity (Wildman–Crippen MR) is 61.5 cm³/mol. The Labute approximate surface area is 91.8 Å². The number of hydrogen-bond acceptors (Lipinski definition) is 1. The molecule has 0 atom stereocenters. The summed E-state index contributed by atoms with van der Waals surface area (Å²) in [5.74, 6) is -0.225. The molecule has 1 aromatic carbocycles. The molecule has 2 heterocycles. The Kier molecular flexibility index (Phi) is 1.96. The van der Waals surface area contributed by atoms with Gasteiger partial charge in [-0.2, -0.15) is 0 Å². The lowest BCUT2D eigenvalue weighted by molar-refractivity contribution is 0.642. The number of nitrogens with one attached hydrogen (secondary N) is 1. The summed E-state index contributed by atoms with van der Waals surface area (Å²) < 4.78 is 14.1. The van der Waals surface area contributed by atoms with Crippen LogP contribution in [0.1, 0.15) is 0 Å². The van der Waals surface area contributed by atoms with Crippen molar-refractivity contribution in [2.75, 3.05) is 0 Å². The van der Waals surface area contributed by atoms with Gasteiger partial charge in [-0.05, 0) is 11.6 Å². The summed E-state index contributed by atoms with van der Waals surface area (Å²) in [4.78, 5) is 7.07. The molecule has 2 aromatic heterocycles. The minimum atomic E-state index is -0.225. The van der Waals surface area contributed by atoms with Crippen LogP contribution in [-0.2, 0) is 0 Å². The van der Waals surface area contributed by atoms with Crippen LogP contribution in [0.5, 0.6) is 0 Å². The van der Waals surface area contributed by atoms with Gasteiger partial charge in [0.2, 0.25) is 0 Å². The standard InChI is InChI=1S/C13H9FN2/c14-12-10-6-7-15-13(10)16-8-11(12)9-4-2-1-3-5-9/h1-8H,(H,15,16). The van der Waals surface area contributed by atoms with E-state index in [1.165, 1.54) is 0 Å². The second-order valence-corrected chi connectivity index (χ2v) is 3.59. The summed E-state index contributed by atoms with van der Waals surface area (Å²) >= 11 is 0. The fourth-order valence-corrected chi connectivity index (χ4v) is 1.79. The van der Waals surface area contributed by atoms with Crippen molar-refractivity contribution in [1.29, 1.82) is 0 Å². The third-order valence-electron chi connectivity index (χ3n) is 2.61. The lowest BCUT2D eigenvalue weighted by Gasteiger charge is -2.03. The lowest BCUT2D eigenvalue weighted by atomic mass is 10.1. The summed E-state index contributed by atoms with van der Waals surface area (Å²) in [5, 5.41) is 0.529. The number of nitrogens with zero attached hydrogens (tertiary/aromatic N) is 1. The van der Waals surface area contributed by atoms with Gasteiger partial charge in [0.05, 0.1) is 5.39 Å². The number of halogens is 1. The molecule has 0 unspecified atom stereocenters. The van der Waals surface area contributed by atoms with E-state index in [0.29, 0.717) is 16.6 Å². The quantitative estimate of drug-likeness (QED) is 0.658. The zero-order valence-electron chi connectivity index (χ0n) is 8.44. The molecule has 0 aliphatic rings. The monoisotopic (exact) mass is 212 g/mol. The van der Waals surface area contributed by atoms with E-state index in [2.05, 4.69) is 9.97 Å². The number of pyridine rings is 1. The SMILES string of the molecule is Fc1c(-c2ccccc2)cnc2[nH]ccc12. The minimum Gasteiger partial charge on any atom is -0.346 e. The molecule has 0 bridgehead atoms. The van der Waals surface area contributed by atoms with Crippen molar-refractivity contribution in [1.82, 2.24) is 9.97 Å². The van der Waals surface area contributed by atoms with Gasteiger partial charge in [-0.3, -0.25) is 0 Å². The zero-order chi connectivity index (χ0) is 11.0. The van der Waals surface area contributed by atoms with Crippen LogP contribution in [0.2, 0.25) is 0 Å². The van der Waals surface area contributed by atoms with Crippen LogP contribution in [0.15, 0.2) is 48.8 Å². The highest BCUT2D eigenvalue weighted by Gasteiger charge is 2.10. The van der Waals surface area contributed by atoms with Gasteiger partial charge in [0.1, 0.15) is 11.5 Å². The van der Waals surface area contributed by atoms with Crippen molar-refractivity contribution < 1.29 is 4.39 Å². The van der Waals surface area contributed by atoms with Crippen LogP contribution in [0.4, 0.5) is 4.39 Å². The van der Waals surface area contributed by atoms with Crippen LogP contribution in [0.25, 0.3) is 22.2 Å². The highest BCUT2D eigenvalue weighted by molar-refractivity contribution is 5.82. The molecule has 0 amide bonds. The van der Waals surface area contributed by atoms with E-state index < -0.39 is 0 Å². The molecule has 78 valence electrons. The van der Waals surface area contributed by atoms with E-state index in [9.17, 15) is 4.39 Å². The van der Waals surface area contributed by atoms with Gasteiger partial charge in [-0.15, -0.1) is 0 Å². The Balaban J connectivity index is 2.28. The van der Waals surface area contributed by atoms with E-state index >= 15 is 0 Å². The van der Waals surface area contributed by atoms with E-state index in [4.69, 9.17) is 0 Å². The van der Waals surface area contributed by atoms with Crippen LogP contribution in [0, 0.1) is 5.82 Å². The summed E-state index contributed by atoms with van der Waals surface area (Å²) in [6, 6.07) is 11.1. The van der Waals surface area contributed by atoms with Crippen LogP contribution < -0.4 is 0 Å². The van der Waals surface area contributed by atoms with Gasteiger partial charge in [0, 0.05) is 18.0 Å². The molecule has 2 nitrogen and oxygen atoms in total. The van der Waals surface area contributed by atoms with Gasteiger partial charge < -0.3 is 4.98 Å². The number of aromatic amines is 1. The maximum atomic E-state index is 14.1. The number of fused-ring (bicyclic) bond motifs is 1. The van der Waals surface area contributed by atoms with Gasteiger partial charge in [0.15, 0.2) is 0 Å². The molecule has 3 heteroatoms. The highest BCUT2D eigenvalue weighted by Crippen LogP contribution is 2.26. The smallest absolute Gasteiger partial charge is 0.143 e. The van der Waals surface area contributed by atoms with Crippen LogP contribution in [0.3, 0.4) is 0 Å². The Morgan fingerprint density at radius 1 is 1.06 bits per heavy atom. The number of hydrogen-bond donors (Lipinski definition) is 1. The van der Waals surface area contributed by atoms with Crippen molar-refractivity contribution in [2.45, 2.75) is 0 Å². The van der Waals surface area contributed by atoms with Gasteiger partial charge in [0.25, 0.3) is 0 Å². The van der Waals surface area contributed by atoms with Gasteiger partial charge >= 0.3 is 0 Å². The van der Waals surface area contributed by atoms with E-state index in [0.717, 1.165) is 5.56 Å². The zero-order valence-corrected chi connectivity index (χ0v) is 8.44. The number of rotatable bonds is 1. The molecule has 3 rings (SSSR count). The van der Waals surface area contributed by atoms with E-state index in [1.54, 1.807) is 18.5 Å². The summed E-state index contributed by atoms with van der Waals surface area (Å²) in [6.45, 7) is 0. The Morgan fingerprint density at radius 3 is 2.69 bits per heavy atom. The van der Waals surface area contributed by atoms with E-state index in [1.807, 2.05) is 30.3 Å². The van der Waals surface area contributed by atoms with Crippen LogP contribution in [-0.4, -0.2) is 9.97 Å². The molecule has 0 radical (unpaired) electrons. The fourth-order valence-electron chi connectivity index (χ4n) is 1.79. The summed E-state index contributed by atoms with van der Waals surface area (Å²) in [6.07, 6.45) is 3.25. The molecule has 0 fully saturated rings. The molecule has 1 N–H and O–H groups in total. The average molecular weight is 212 g/mol. The first-order valence-electron chi connectivity index (χ1n) is 5.03. The Morgan fingerprint density at radius 2 is 1.88 bits per heavy atom. The Hall–Kier alpha value is -2.16. The summed E-state index contributed by atoms with van der Waals surface area (Å²) in [5.41, 5.74) is 1.96. The third-order valence-corrected chi connectivity index (χ3v) is 2.61. The van der Waals surface area contributed by atoms with Gasteiger partial charge in [-0.1, -0.05) is 30.3 Å². The number of aromatic nitrogens is 2. The molecule has 0 aliphatic carbocycles. The first-order valence-corrected chi connectivity index (χ1v) is 5.03. The summed E-state index contributed by atoms with van der Waals surface area (Å²) in [7, 11) is 0. The van der Waals surface area contributed by atoms with Crippen molar-refractivity contribution in [3.63, 3.8) is 0 Å². The molecular weight excluding hydrogens is 203 g/mol. The Bertz CT molecular complexity index is 629. The predicted octanol–water partition coefficient (Wildman–Crippen LogP) is 3.37. The highest BCUT2D eigenvalue weighted by atomic mass is 19.1. The van der Waals surface area contributed by atoms with Crippen molar-refractivity contribution >= 4 is 11.0 Å². The second kappa shape index (κ2) is 3.45.